The molecule has 150 valence electrons. The van der Waals surface area contributed by atoms with Crippen molar-refractivity contribution in [3.05, 3.63) is 71.8 Å². The van der Waals surface area contributed by atoms with E-state index in [1.165, 1.54) is 11.8 Å². The van der Waals surface area contributed by atoms with Gasteiger partial charge in [0.05, 0.1) is 23.1 Å². The zero-order valence-corrected chi connectivity index (χ0v) is 16.3. The molecular formula is C24H19NO5. The van der Waals surface area contributed by atoms with Gasteiger partial charge in [-0.2, -0.15) is 0 Å². The molecule has 1 aliphatic heterocycles. The summed E-state index contributed by atoms with van der Waals surface area (Å²) in [6.45, 7) is 1.47. The number of amides is 2. The molecule has 5 rings (SSSR count). The maximum atomic E-state index is 12.9. The predicted molar refractivity (Wildman–Crippen MR) is 108 cm³/mol. The second-order valence-corrected chi connectivity index (χ2v) is 8.03. The number of anilines is 1. The molecule has 6 nitrogen and oxygen atoms in total. The monoisotopic (exact) mass is 401 g/mol. The molecule has 30 heavy (non-hydrogen) atoms. The van der Waals surface area contributed by atoms with Crippen LogP contribution in [-0.4, -0.2) is 23.6 Å². The SMILES string of the molecule is CC(=O)c1ccc(OC(=O)c2ccc(N3C(=O)[C@@H]4[C@H](C3=O)[C@@H]3C=C[C@@H]4C3)cc2)cc1. The maximum Gasteiger partial charge on any atom is 0.343 e. The highest BCUT2D eigenvalue weighted by Gasteiger charge is 2.59. The van der Waals surface area contributed by atoms with E-state index in [1.54, 1.807) is 48.5 Å². The summed E-state index contributed by atoms with van der Waals surface area (Å²) in [4.78, 5) is 50.7. The molecule has 6 heteroatoms. The standard InChI is InChI=1S/C24H19NO5/c1-13(26)14-6-10-19(11-7-14)30-24(29)15-4-8-18(9-5-15)25-22(27)20-16-2-3-17(12-16)21(20)23(25)28/h2-11,16-17,20-21H,12H2,1H3/t16-,17-,20-,21+/m1/s1. The van der Waals surface area contributed by atoms with Gasteiger partial charge in [-0.3, -0.25) is 19.3 Å². The van der Waals surface area contributed by atoms with Crippen LogP contribution in [0.25, 0.3) is 0 Å². The third-order valence-corrected chi connectivity index (χ3v) is 6.30. The van der Waals surface area contributed by atoms with Crippen LogP contribution in [0.2, 0.25) is 0 Å². The van der Waals surface area contributed by atoms with Crippen molar-refractivity contribution in [2.24, 2.45) is 23.7 Å². The van der Waals surface area contributed by atoms with Gasteiger partial charge < -0.3 is 4.74 Å². The number of Topliss-reactive ketones (excluding diaryl/α,β-unsaturated/α-hetero) is 1. The Balaban J connectivity index is 1.31. The fourth-order valence-corrected chi connectivity index (χ4v) is 4.83. The fourth-order valence-electron chi connectivity index (χ4n) is 4.83. The van der Waals surface area contributed by atoms with Crippen LogP contribution in [0.15, 0.2) is 60.7 Å². The summed E-state index contributed by atoms with van der Waals surface area (Å²) in [6.07, 6.45) is 5.00. The van der Waals surface area contributed by atoms with Crippen LogP contribution in [-0.2, 0) is 9.59 Å². The number of imide groups is 1. The molecule has 0 N–H and O–H groups in total. The average molecular weight is 401 g/mol. The molecule has 1 saturated heterocycles. The van der Waals surface area contributed by atoms with Gasteiger partial charge in [-0.15, -0.1) is 0 Å². The van der Waals surface area contributed by atoms with E-state index in [-0.39, 0.29) is 41.3 Å². The minimum atomic E-state index is -0.560. The predicted octanol–water partition coefficient (Wildman–Crippen LogP) is 3.42. The van der Waals surface area contributed by atoms with Crippen molar-refractivity contribution in [3.8, 4) is 5.75 Å². The van der Waals surface area contributed by atoms with Gasteiger partial charge >= 0.3 is 5.97 Å². The van der Waals surface area contributed by atoms with E-state index in [2.05, 4.69) is 12.2 Å². The summed E-state index contributed by atoms with van der Waals surface area (Å²) in [5.41, 5.74) is 1.31. The quantitative estimate of drug-likeness (QED) is 0.258. The molecule has 0 radical (unpaired) electrons. The summed E-state index contributed by atoms with van der Waals surface area (Å²) in [5, 5.41) is 0. The van der Waals surface area contributed by atoms with Crippen molar-refractivity contribution >= 4 is 29.3 Å². The van der Waals surface area contributed by atoms with Crippen LogP contribution in [0.3, 0.4) is 0 Å². The van der Waals surface area contributed by atoms with E-state index in [0.717, 1.165) is 6.42 Å². The van der Waals surface area contributed by atoms with Crippen molar-refractivity contribution in [3.63, 3.8) is 0 Å². The summed E-state index contributed by atoms with van der Waals surface area (Å²) in [5.74, 6) is -0.793. The minimum Gasteiger partial charge on any atom is -0.423 e. The molecule has 2 aromatic carbocycles. The van der Waals surface area contributed by atoms with E-state index in [0.29, 0.717) is 22.6 Å². The number of benzene rings is 2. The van der Waals surface area contributed by atoms with E-state index in [4.69, 9.17) is 4.74 Å². The molecule has 0 unspecified atom stereocenters. The normalized spacial score (nSPS) is 26.2. The van der Waals surface area contributed by atoms with Crippen LogP contribution >= 0.6 is 0 Å². The highest BCUT2D eigenvalue weighted by molar-refractivity contribution is 6.22. The first-order valence-corrected chi connectivity index (χ1v) is 9.93. The summed E-state index contributed by atoms with van der Waals surface area (Å²) in [6, 6.07) is 12.6. The molecule has 0 spiro atoms. The van der Waals surface area contributed by atoms with Gasteiger partial charge in [0.2, 0.25) is 11.8 Å². The molecule has 4 atom stereocenters. The van der Waals surface area contributed by atoms with Gasteiger partial charge in [0, 0.05) is 5.56 Å². The van der Waals surface area contributed by atoms with Gasteiger partial charge in [-0.25, -0.2) is 4.79 Å². The van der Waals surface area contributed by atoms with Crippen molar-refractivity contribution in [2.45, 2.75) is 13.3 Å². The first-order valence-electron chi connectivity index (χ1n) is 9.93. The smallest absolute Gasteiger partial charge is 0.343 e. The molecule has 1 saturated carbocycles. The summed E-state index contributed by atoms with van der Waals surface area (Å²) >= 11 is 0. The third-order valence-electron chi connectivity index (χ3n) is 6.30. The summed E-state index contributed by atoms with van der Waals surface area (Å²) in [7, 11) is 0. The zero-order valence-electron chi connectivity index (χ0n) is 16.3. The molecule has 3 aliphatic rings. The van der Waals surface area contributed by atoms with Crippen molar-refractivity contribution in [2.75, 3.05) is 4.90 Å². The van der Waals surface area contributed by atoms with E-state index >= 15 is 0 Å². The minimum absolute atomic E-state index is 0.0672. The highest BCUT2D eigenvalue weighted by atomic mass is 16.5. The average Bonchev–Trinajstić information content (AvgIpc) is 3.42. The molecule has 0 aromatic heterocycles. The summed E-state index contributed by atoms with van der Waals surface area (Å²) < 4.78 is 5.33. The zero-order chi connectivity index (χ0) is 21.0. The number of nitrogens with zero attached hydrogens (tertiary/aromatic N) is 1. The number of hydrogen-bond donors (Lipinski definition) is 0. The second-order valence-electron chi connectivity index (χ2n) is 8.03. The Morgan fingerprint density at radius 3 is 1.90 bits per heavy atom. The van der Waals surface area contributed by atoms with Gasteiger partial charge in [0.1, 0.15) is 5.75 Å². The number of allylic oxidation sites excluding steroid dienone is 2. The lowest BCUT2D eigenvalue weighted by molar-refractivity contribution is -0.123. The van der Waals surface area contributed by atoms with Crippen molar-refractivity contribution in [1.29, 1.82) is 0 Å². The Morgan fingerprint density at radius 2 is 1.37 bits per heavy atom. The Labute approximate surface area is 173 Å². The largest absolute Gasteiger partial charge is 0.423 e. The second kappa shape index (κ2) is 6.76. The third kappa shape index (κ3) is 2.79. The van der Waals surface area contributed by atoms with Crippen molar-refractivity contribution in [1.82, 2.24) is 0 Å². The number of esters is 1. The van der Waals surface area contributed by atoms with Crippen LogP contribution in [0.4, 0.5) is 5.69 Å². The molecule has 2 fully saturated rings. The molecular weight excluding hydrogens is 382 g/mol. The first-order chi connectivity index (χ1) is 14.4. The van der Waals surface area contributed by atoms with Crippen LogP contribution in [0.5, 0.6) is 5.75 Å². The number of carbonyl (C=O) groups excluding carboxylic acids is 4. The first kappa shape index (κ1) is 18.5. The Hall–Kier alpha value is -3.54. The van der Waals surface area contributed by atoms with Crippen LogP contribution in [0.1, 0.15) is 34.1 Å². The number of rotatable bonds is 4. The number of carbonyl (C=O) groups is 4. The Bertz CT molecular complexity index is 1070. The molecule has 2 aliphatic carbocycles. The number of fused-ring (bicyclic) bond motifs is 5. The highest BCUT2D eigenvalue weighted by Crippen LogP contribution is 2.53. The van der Waals surface area contributed by atoms with E-state index in [1.807, 2.05) is 0 Å². The lowest BCUT2D eigenvalue weighted by atomic mass is 9.85. The number of ether oxygens (including phenoxy) is 1. The van der Waals surface area contributed by atoms with Gasteiger partial charge in [0.25, 0.3) is 0 Å². The molecule has 2 bridgehead atoms. The lowest BCUT2D eigenvalue weighted by Gasteiger charge is -2.17. The number of hydrogen-bond acceptors (Lipinski definition) is 5. The van der Waals surface area contributed by atoms with E-state index in [9.17, 15) is 19.2 Å². The van der Waals surface area contributed by atoms with Crippen LogP contribution in [0, 0.1) is 23.7 Å². The Kier molecular flexibility index (Phi) is 4.17. The van der Waals surface area contributed by atoms with Crippen molar-refractivity contribution < 1.29 is 23.9 Å². The Morgan fingerprint density at radius 1 is 0.833 bits per heavy atom. The molecule has 2 aromatic rings. The molecule has 2 amide bonds. The lowest BCUT2D eigenvalue weighted by Crippen LogP contribution is -2.32. The van der Waals surface area contributed by atoms with Gasteiger partial charge in [-0.1, -0.05) is 12.2 Å². The fraction of sp³-hybridized carbons (Fsp3) is 0.250. The van der Waals surface area contributed by atoms with Gasteiger partial charge in [-0.05, 0) is 73.7 Å². The number of ketones is 1. The van der Waals surface area contributed by atoms with Crippen LogP contribution < -0.4 is 9.64 Å². The topological polar surface area (TPSA) is 80.8 Å². The van der Waals surface area contributed by atoms with E-state index < -0.39 is 5.97 Å². The molecule has 1 heterocycles. The van der Waals surface area contributed by atoms with Gasteiger partial charge in [0.15, 0.2) is 5.78 Å². The maximum absolute atomic E-state index is 12.9.